The Morgan fingerprint density at radius 1 is 1.02 bits per heavy atom. The number of likely N-dealkylation sites (tertiary alicyclic amines) is 1. The number of aldehydes is 1. The molecule has 6 rings (SSSR count). The van der Waals surface area contributed by atoms with Crippen LogP contribution in [0.5, 0.6) is 0 Å². The molecule has 1 saturated heterocycles. The molecule has 3 aliphatic rings. The average molecular weight is 769 g/mol. The minimum atomic E-state index is -0.999. The Morgan fingerprint density at radius 3 is 2.27 bits per heavy atom. The number of piperidine rings is 1. The van der Waals surface area contributed by atoms with Gasteiger partial charge in [0, 0.05) is 47.4 Å². The number of imide groups is 1. The lowest BCUT2D eigenvalue weighted by Gasteiger charge is -2.42. The number of nitrogens with one attached hydrogen (secondary N) is 3. The van der Waals surface area contributed by atoms with Crippen LogP contribution >= 0.6 is 0 Å². The highest BCUT2D eigenvalue weighted by molar-refractivity contribution is 6.07. The van der Waals surface area contributed by atoms with Crippen molar-refractivity contribution in [3.8, 4) is 0 Å². The third-order valence-electron chi connectivity index (χ3n) is 11.1. The summed E-state index contributed by atoms with van der Waals surface area (Å²) in [5, 5.41) is 5.89. The van der Waals surface area contributed by atoms with Crippen molar-refractivity contribution in [2.45, 2.75) is 128 Å². The first-order valence-corrected chi connectivity index (χ1v) is 19.1. The molecule has 14 heteroatoms. The van der Waals surface area contributed by atoms with Crippen molar-refractivity contribution in [2.24, 2.45) is 0 Å². The number of hydrogen-bond donors (Lipinski definition) is 3. The van der Waals surface area contributed by atoms with Gasteiger partial charge < -0.3 is 34.8 Å². The predicted octanol–water partition coefficient (Wildman–Crippen LogP) is 5.76. The fourth-order valence-electron chi connectivity index (χ4n) is 8.05. The van der Waals surface area contributed by atoms with Crippen LogP contribution in [0.3, 0.4) is 0 Å². The first kappa shape index (κ1) is 40.1. The van der Waals surface area contributed by atoms with Crippen LogP contribution < -0.4 is 10.6 Å². The summed E-state index contributed by atoms with van der Waals surface area (Å²) in [5.41, 5.74) is 1.39. The van der Waals surface area contributed by atoms with Gasteiger partial charge in [-0.05, 0) is 91.5 Å². The molecule has 14 nitrogen and oxygen atoms in total. The van der Waals surface area contributed by atoms with Crippen molar-refractivity contribution in [2.75, 3.05) is 11.9 Å². The molecule has 3 N–H and O–H groups in total. The molecule has 3 aromatic rings. The minimum Gasteiger partial charge on any atom is -0.443 e. The molecular formula is C42H52N6O8. The van der Waals surface area contributed by atoms with Crippen LogP contribution in [0, 0.1) is 0 Å². The van der Waals surface area contributed by atoms with Gasteiger partial charge in [-0.3, -0.25) is 19.4 Å². The second-order valence-corrected chi connectivity index (χ2v) is 17.3. The van der Waals surface area contributed by atoms with E-state index < -0.39 is 52.7 Å². The Morgan fingerprint density at radius 2 is 1.66 bits per heavy atom. The molecule has 1 aliphatic carbocycles. The zero-order valence-corrected chi connectivity index (χ0v) is 33.5. The monoisotopic (exact) mass is 768 g/mol. The number of ether oxygens (including phenoxy) is 2. The molecule has 1 spiro atoms. The van der Waals surface area contributed by atoms with Gasteiger partial charge in [0.1, 0.15) is 29.3 Å². The number of carbonyl (C=O) groups excluding carboxylic acids is 6. The van der Waals surface area contributed by atoms with Gasteiger partial charge in [-0.2, -0.15) is 0 Å². The zero-order valence-electron chi connectivity index (χ0n) is 33.5. The number of anilines is 1. The van der Waals surface area contributed by atoms with Gasteiger partial charge in [0.2, 0.25) is 11.8 Å². The van der Waals surface area contributed by atoms with Crippen LogP contribution in [0.15, 0.2) is 48.7 Å². The summed E-state index contributed by atoms with van der Waals surface area (Å²) in [6.07, 6.45) is 1.45. The molecule has 5 amide bonds. The molecule has 2 aromatic heterocycles. The van der Waals surface area contributed by atoms with Crippen LogP contribution in [0.2, 0.25) is 0 Å². The maximum Gasteiger partial charge on any atom is 0.420 e. The second kappa shape index (κ2) is 14.8. The van der Waals surface area contributed by atoms with Crippen LogP contribution in [0.4, 0.5) is 15.4 Å². The standard InChI is InChI=1S/C42H52N6O8/c1-23(24(2)48(38(53)55-40(4,5)6)39(54)56-41(7,8)9)31-19-30-34(44-31)46-37(52)42(30)20-27-17-28(22-43-33(27)21-42)35(50)45-32-18-29(26-13-11-10-12-14-26)25(3)47(15-16-49)36(32)51/h10-14,16-17,19,22-25,29,32,44H,15,18,20-21H2,1-9H3,(H,45,50)(H,46,52)/t23-,24-,25?,29?,32?,42+/m1/s1. The largest absolute Gasteiger partial charge is 0.443 e. The quantitative estimate of drug-likeness (QED) is 0.240. The number of pyridine rings is 1. The number of benzene rings is 1. The van der Waals surface area contributed by atoms with Crippen molar-refractivity contribution in [3.05, 3.63) is 82.3 Å². The Labute approximate surface area is 327 Å². The summed E-state index contributed by atoms with van der Waals surface area (Å²) in [4.78, 5) is 89.7. The minimum absolute atomic E-state index is 0.0768. The van der Waals surface area contributed by atoms with E-state index in [1.165, 1.54) is 11.1 Å². The molecule has 0 radical (unpaired) electrons. The van der Waals surface area contributed by atoms with E-state index in [4.69, 9.17) is 9.47 Å². The average Bonchev–Trinajstić information content (AvgIpc) is 3.78. The van der Waals surface area contributed by atoms with Crippen LogP contribution in [-0.2, 0) is 42.1 Å². The number of carbonyl (C=O) groups is 6. The highest BCUT2D eigenvalue weighted by atomic mass is 16.6. The normalized spacial score (nSPS) is 22.8. The van der Waals surface area contributed by atoms with Crippen molar-refractivity contribution in [1.82, 2.24) is 25.1 Å². The van der Waals surface area contributed by atoms with Gasteiger partial charge >= 0.3 is 12.2 Å². The number of amides is 5. The van der Waals surface area contributed by atoms with E-state index in [2.05, 4.69) is 20.6 Å². The highest BCUT2D eigenvalue weighted by Gasteiger charge is 2.53. The maximum absolute atomic E-state index is 13.7. The van der Waals surface area contributed by atoms with Crippen molar-refractivity contribution in [1.29, 1.82) is 0 Å². The van der Waals surface area contributed by atoms with Crippen LogP contribution in [0.25, 0.3) is 0 Å². The summed E-state index contributed by atoms with van der Waals surface area (Å²) in [5.74, 6) is -1.00. The van der Waals surface area contributed by atoms with E-state index in [9.17, 15) is 28.8 Å². The van der Waals surface area contributed by atoms with E-state index in [-0.39, 0.29) is 42.3 Å². The lowest BCUT2D eigenvalue weighted by atomic mass is 9.79. The Bertz CT molecular complexity index is 2020. The molecule has 1 aromatic carbocycles. The number of fused-ring (bicyclic) bond motifs is 3. The van der Waals surface area contributed by atoms with Crippen LogP contribution in [0.1, 0.15) is 119 Å². The number of nitrogens with zero attached hydrogens (tertiary/aromatic N) is 3. The molecule has 298 valence electrons. The van der Waals surface area contributed by atoms with Gasteiger partial charge in [-0.15, -0.1) is 0 Å². The summed E-state index contributed by atoms with van der Waals surface area (Å²) < 4.78 is 11.2. The summed E-state index contributed by atoms with van der Waals surface area (Å²) >= 11 is 0. The Kier molecular flexibility index (Phi) is 10.6. The second-order valence-electron chi connectivity index (χ2n) is 17.3. The van der Waals surface area contributed by atoms with Crippen LogP contribution in [-0.4, -0.2) is 91.8 Å². The molecular weight excluding hydrogens is 716 g/mol. The summed E-state index contributed by atoms with van der Waals surface area (Å²) in [6, 6.07) is 11.6. The third-order valence-corrected chi connectivity index (χ3v) is 11.1. The summed E-state index contributed by atoms with van der Waals surface area (Å²) in [7, 11) is 0. The lowest BCUT2D eigenvalue weighted by Crippen LogP contribution is -2.58. The van der Waals surface area contributed by atoms with E-state index in [0.29, 0.717) is 36.3 Å². The van der Waals surface area contributed by atoms with Crippen molar-refractivity contribution >= 4 is 42.0 Å². The van der Waals surface area contributed by atoms with Gasteiger partial charge in [0.15, 0.2) is 0 Å². The molecule has 0 bridgehead atoms. The number of H-pyrrole nitrogens is 1. The number of aromatic nitrogens is 2. The number of aromatic amines is 1. The fraction of sp³-hybridized carbons (Fsp3) is 0.500. The fourth-order valence-corrected chi connectivity index (χ4v) is 8.05. The number of rotatable bonds is 8. The smallest absolute Gasteiger partial charge is 0.420 e. The van der Waals surface area contributed by atoms with E-state index in [1.807, 2.05) is 50.2 Å². The molecule has 1 fully saturated rings. The Balaban J connectivity index is 1.21. The SMILES string of the molecule is CC1C(c2ccccc2)CC(NC(=O)c2cnc3c(c2)C[C@@]2(C3)C(=O)Nc3[nH]c([C@H](C)[C@@H](C)N(C(=O)OC(C)(C)C)C(=O)OC(C)(C)C)cc32)C(=O)N1CC=O. The third kappa shape index (κ3) is 7.78. The molecule has 6 atom stereocenters. The van der Waals surface area contributed by atoms with Gasteiger partial charge in [0.25, 0.3) is 5.91 Å². The van der Waals surface area contributed by atoms with Gasteiger partial charge in [-0.1, -0.05) is 37.3 Å². The Hall–Kier alpha value is -5.53. The first-order chi connectivity index (χ1) is 26.2. The van der Waals surface area contributed by atoms with Crippen molar-refractivity contribution < 1.29 is 38.2 Å². The first-order valence-electron chi connectivity index (χ1n) is 19.1. The van der Waals surface area contributed by atoms with E-state index in [1.54, 1.807) is 54.5 Å². The van der Waals surface area contributed by atoms with E-state index in [0.717, 1.165) is 21.6 Å². The van der Waals surface area contributed by atoms with Crippen molar-refractivity contribution in [3.63, 3.8) is 0 Å². The number of hydrogen-bond acceptors (Lipinski definition) is 9. The molecule has 0 saturated carbocycles. The molecule has 56 heavy (non-hydrogen) atoms. The highest BCUT2D eigenvalue weighted by Crippen LogP contribution is 2.48. The maximum atomic E-state index is 13.7. The van der Waals surface area contributed by atoms with E-state index >= 15 is 0 Å². The molecule has 3 unspecified atom stereocenters. The van der Waals surface area contributed by atoms with Gasteiger partial charge in [0.05, 0.1) is 23.6 Å². The topological polar surface area (TPSA) is 180 Å². The zero-order chi connectivity index (χ0) is 40.9. The summed E-state index contributed by atoms with van der Waals surface area (Å²) in [6.45, 7) is 15.8. The van der Waals surface area contributed by atoms with Gasteiger partial charge in [-0.25, -0.2) is 14.5 Å². The predicted molar refractivity (Wildman–Crippen MR) is 207 cm³/mol. The molecule has 4 heterocycles. The lowest BCUT2D eigenvalue weighted by molar-refractivity contribution is -0.141. The molecule has 2 aliphatic heterocycles.